The Morgan fingerprint density at radius 2 is 2.16 bits per heavy atom. The first-order chi connectivity index (χ1) is 9.20. The van der Waals surface area contributed by atoms with Crippen LogP contribution in [0.25, 0.3) is 0 Å². The average molecular weight is 262 g/mol. The van der Waals surface area contributed by atoms with Crippen LogP contribution >= 0.6 is 0 Å². The molecule has 5 nitrogen and oxygen atoms in total. The number of pyridine rings is 1. The number of rotatable bonds is 4. The van der Waals surface area contributed by atoms with Gasteiger partial charge < -0.3 is 0 Å². The Morgan fingerprint density at radius 1 is 1.42 bits per heavy atom. The van der Waals surface area contributed by atoms with Crippen LogP contribution in [0.3, 0.4) is 0 Å². The number of hydrogen-bond donors (Lipinski definition) is 2. The van der Waals surface area contributed by atoms with E-state index in [0.29, 0.717) is 11.6 Å². The highest BCUT2D eigenvalue weighted by molar-refractivity contribution is 5.93. The maximum absolute atomic E-state index is 11.3. The zero-order valence-electron chi connectivity index (χ0n) is 11.4. The van der Waals surface area contributed by atoms with Crippen LogP contribution in [0.15, 0.2) is 18.3 Å². The summed E-state index contributed by atoms with van der Waals surface area (Å²) < 4.78 is 0. The highest BCUT2D eigenvalue weighted by Gasteiger charge is 2.18. The Bertz CT molecular complexity index is 412. The second-order valence-corrected chi connectivity index (χ2v) is 5.22. The van der Waals surface area contributed by atoms with Crippen molar-refractivity contribution in [2.75, 3.05) is 7.05 Å². The lowest BCUT2D eigenvalue weighted by Crippen LogP contribution is -2.33. The standard InChI is InChI=1S/C14H22N4O/c1-18(13-5-3-2-4-6-13)10-12-8-7-11(9-16-12)14(19)17-15/h7-9,13H,2-6,10,15H2,1H3,(H,17,19). The average Bonchev–Trinajstić information content (AvgIpc) is 2.48. The Hall–Kier alpha value is -1.46. The molecule has 1 aromatic rings. The van der Waals surface area contributed by atoms with E-state index >= 15 is 0 Å². The van der Waals surface area contributed by atoms with Crippen LogP contribution < -0.4 is 11.3 Å². The van der Waals surface area contributed by atoms with Crippen molar-refractivity contribution < 1.29 is 4.79 Å². The maximum atomic E-state index is 11.3. The smallest absolute Gasteiger partial charge is 0.266 e. The van der Waals surface area contributed by atoms with E-state index < -0.39 is 0 Å². The molecule has 104 valence electrons. The van der Waals surface area contributed by atoms with Crippen LogP contribution in [-0.2, 0) is 6.54 Å². The molecule has 1 heterocycles. The highest BCUT2D eigenvalue weighted by Crippen LogP contribution is 2.22. The summed E-state index contributed by atoms with van der Waals surface area (Å²) in [5, 5.41) is 0. The number of hydrogen-bond acceptors (Lipinski definition) is 4. The van der Waals surface area contributed by atoms with Gasteiger partial charge in [0.05, 0.1) is 11.3 Å². The van der Waals surface area contributed by atoms with Crippen LogP contribution in [0.2, 0.25) is 0 Å². The first kappa shape index (κ1) is 14.0. The number of nitrogen functional groups attached to an aromatic ring is 1. The maximum Gasteiger partial charge on any atom is 0.266 e. The third-order valence-corrected chi connectivity index (χ3v) is 3.83. The molecule has 0 bridgehead atoms. The van der Waals surface area contributed by atoms with E-state index in [1.54, 1.807) is 12.3 Å². The van der Waals surface area contributed by atoms with E-state index in [-0.39, 0.29) is 5.91 Å². The Morgan fingerprint density at radius 3 is 2.74 bits per heavy atom. The molecule has 0 radical (unpaired) electrons. The molecular formula is C14H22N4O. The molecule has 3 N–H and O–H groups in total. The van der Waals surface area contributed by atoms with Crippen molar-refractivity contribution in [3.8, 4) is 0 Å². The Labute approximate surface area is 114 Å². The van der Waals surface area contributed by atoms with Gasteiger partial charge in [-0.3, -0.25) is 20.1 Å². The zero-order chi connectivity index (χ0) is 13.7. The first-order valence-corrected chi connectivity index (χ1v) is 6.87. The highest BCUT2D eigenvalue weighted by atomic mass is 16.2. The molecule has 0 unspecified atom stereocenters. The Balaban J connectivity index is 1.93. The van der Waals surface area contributed by atoms with E-state index in [9.17, 15) is 4.79 Å². The van der Waals surface area contributed by atoms with Crippen LogP contribution in [0, 0.1) is 0 Å². The minimum Gasteiger partial charge on any atom is -0.298 e. The van der Waals surface area contributed by atoms with E-state index in [4.69, 9.17) is 5.84 Å². The van der Waals surface area contributed by atoms with Gasteiger partial charge in [-0.05, 0) is 32.0 Å². The minimum atomic E-state index is -0.306. The number of carbonyl (C=O) groups excluding carboxylic acids is 1. The van der Waals surface area contributed by atoms with Crippen molar-refractivity contribution in [1.29, 1.82) is 0 Å². The van der Waals surface area contributed by atoms with Crippen molar-refractivity contribution in [3.63, 3.8) is 0 Å². The lowest BCUT2D eigenvalue weighted by Gasteiger charge is -2.30. The summed E-state index contributed by atoms with van der Waals surface area (Å²) in [4.78, 5) is 18.0. The molecule has 0 aliphatic heterocycles. The molecule has 1 aliphatic rings. The molecule has 1 aliphatic carbocycles. The SMILES string of the molecule is CN(Cc1ccc(C(=O)NN)cn1)C1CCCCC1. The fraction of sp³-hybridized carbons (Fsp3) is 0.571. The second-order valence-electron chi connectivity index (χ2n) is 5.22. The van der Waals surface area contributed by atoms with Crippen molar-refractivity contribution in [2.45, 2.75) is 44.7 Å². The summed E-state index contributed by atoms with van der Waals surface area (Å²) in [5.74, 6) is 4.78. The van der Waals surface area contributed by atoms with Gasteiger partial charge in [0, 0.05) is 18.8 Å². The zero-order valence-corrected chi connectivity index (χ0v) is 11.4. The van der Waals surface area contributed by atoms with Crippen LogP contribution in [0.1, 0.15) is 48.2 Å². The molecular weight excluding hydrogens is 240 g/mol. The number of amides is 1. The molecule has 1 saturated carbocycles. The number of aromatic nitrogens is 1. The van der Waals surface area contributed by atoms with Crippen molar-refractivity contribution in [3.05, 3.63) is 29.6 Å². The van der Waals surface area contributed by atoms with Gasteiger partial charge >= 0.3 is 0 Å². The minimum absolute atomic E-state index is 0.306. The molecule has 0 saturated heterocycles. The topological polar surface area (TPSA) is 71.2 Å². The summed E-state index contributed by atoms with van der Waals surface area (Å²) in [5.41, 5.74) is 3.58. The number of hydrazine groups is 1. The third kappa shape index (κ3) is 3.75. The third-order valence-electron chi connectivity index (χ3n) is 3.83. The summed E-state index contributed by atoms with van der Waals surface area (Å²) in [6, 6.07) is 4.32. The van der Waals surface area contributed by atoms with Gasteiger partial charge in [-0.15, -0.1) is 0 Å². The molecule has 0 atom stereocenters. The molecule has 19 heavy (non-hydrogen) atoms. The summed E-state index contributed by atoms with van der Waals surface area (Å²) in [6.07, 6.45) is 8.17. The number of carbonyl (C=O) groups is 1. The summed E-state index contributed by atoms with van der Waals surface area (Å²) in [7, 11) is 2.15. The molecule has 1 amide bonds. The fourth-order valence-electron chi connectivity index (χ4n) is 2.64. The van der Waals surface area contributed by atoms with Crippen LogP contribution in [-0.4, -0.2) is 28.9 Å². The molecule has 0 aromatic carbocycles. The second kappa shape index (κ2) is 6.63. The number of nitrogens with two attached hydrogens (primary N) is 1. The lowest BCUT2D eigenvalue weighted by molar-refractivity contribution is 0.0953. The quantitative estimate of drug-likeness (QED) is 0.489. The van der Waals surface area contributed by atoms with Gasteiger partial charge in [0.15, 0.2) is 0 Å². The number of nitrogens with one attached hydrogen (secondary N) is 1. The van der Waals surface area contributed by atoms with E-state index in [0.717, 1.165) is 12.2 Å². The lowest BCUT2D eigenvalue weighted by atomic mass is 9.94. The summed E-state index contributed by atoms with van der Waals surface area (Å²) >= 11 is 0. The predicted molar refractivity (Wildman–Crippen MR) is 74.2 cm³/mol. The van der Waals surface area contributed by atoms with Crippen LogP contribution in [0.5, 0.6) is 0 Å². The first-order valence-electron chi connectivity index (χ1n) is 6.87. The van der Waals surface area contributed by atoms with Crippen LogP contribution in [0.4, 0.5) is 0 Å². The normalized spacial score (nSPS) is 16.6. The number of nitrogens with zero attached hydrogens (tertiary/aromatic N) is 2. The van der Waals surface area contributed by atoms with Gasteiger partial charge in [0.2, 0.25) is 0 Å². The van der Waals surface area contributed by atoms with Crippen molar-refractivity contribution in [2.24, 2.45) is 5.84 Å². The van der Waals surface area contributed by atoms with E-state index in [2.05, 4.69) is 22.4 Å². The fourth-order valence-corrected chi connectivity index (χ4v) is 2.64. The molecule has 1 aromatic heterocycles. The van der Waals surface area contributed by atoms with Gasteiger partial charge in [-0.1, -0.05) is 19.3 Å². The van der Waals surface area contributed by atoms with Crippen molar-refractivity contribution in [1.82, 2.24) is 15.3 Å². The van der Waals surface area contributed by atoms with Gasteiger partial charge in [0.25, 0.3) is 5.91 Å². The monoisotopic (exact) mass is 262 g/mol. The van der Waals surface area contributed by atoms with Crippen molar-refractivity contribution >= 4 is 5.91 Å². The van der Waals surface area contributed by atoms with E-state index in [1.807, 2.05) is 6.07 Å². The molecule has 1 fully saturated rings. The molecule has 2 rings (SSSR count). The van der Waals surface area contributed by atoms with Gasteiger partial charge in [-0.2, -0.15) is 0 Å². The molecule has 0 spiro atoms. The largest absolute Gasteiger partial charge is 0.298 e. The molecule has 5 heteroatoms. The van der Waals surface area contributed by atoms with Gasteiger partial charge in [0.1, 0.15) is 0 Å². The van der Waals surface area contributed by atoms with Gasteiger partial charge in [-0.25, -0.2) is 5.84 Å². The summed E-state index contributed by atoms with van der Waals surface area (Å²) in [6.45, 7) is 0.829. The predicted octanol–water partition coefficient (Wildman–Crippen LogP) is 1.45. The van der Waals surface area contributed by atoms with E-state index in [1.165, 1.54) is 32.1 Å². The Kier molecular flexibility index (Phi) is 4.87.